The van der Waals surface area contributed by atoms with Crippen LogP contribution >= 0.6 is 0 Å². The van der Waals surface area contributed by atoms with Gasteiger partial charge in [-0.1, -0.05) is 38.0 Å². The number of likely N-dealkylation sites (tertiary alicyclic amines) is 1. The number of nitrogens with one attached hydrogen (secondary N) is 1. The molecule has 0 radical (unpaired) electrons. The lowest BCUT2D eigenvalue weighted by Gasteiger charge is -2.34. The first-order chi connectivity index (χ1) is 10.7. The second-order valence-electron chi connectivity index (χ2n) is 6.16. The Hall–Kier alpha value is -1.39. The number of carbonyl (C=O) groups excluding carboxylic acids is 1. The van der Waals surface area contributed by atoms with Crippen LogP contribution in [0, 0.1) is 6.92 Å². The number of anilines is 1. The number of aliphatic hydroxyl groups is 1. The summed E-state index contributed by atoms with van der Waals surface area (Å²) in [7, 11) is 0. The first kappa shape index (κ1) is 17.0. The molecule has 0 aliphatic carbocycles. The average molecular weight is 304 g/mol. The van der Waals surface area contributed by atoms with Crippen LogP contribution in [0.4, 0.5) is 5.69 Å². The molecule has 1 aliphatic rings. The highest BCUT2D eigenvalue weighted by molar-refractivity contribution is 5.96. The van der Waals surface area contributed by atoms with Crippen molar-refractivity contribution in [2.75, 3.05) is 18.4 Å². The van der Waals surface area contributed by atoms with Crippen molar-refractivity contribution >= 4 is 11.6 Å². The number of carbonyl (C=O) groups is 1. The minimum Gasteiger partial charge on any atom is -0.392 e. The molecule has 0 bridgehead atoms. The Balaban J connectivity index is 2.10. The maximum absolute atomic E-state index is 12.7. The lowest BCUT2D eigenvalue weighted by atomic mass is 10.00. The van der Waals surface area contributed by atoms with Crippen LogP contribution in [0.2, 0.25) is 0 Å². The van der Waals surface area contributed by atoms with E-state index < -0.39 is 0 Å². The molecule has 1 aliphatic heterocycles. The summed E-state index contributed by atoms with van der Waals surface area (Å²) in [6, 6.07) is 5.69. The molecule has 22 heavy (non-hydrogen) atoms. The molecule has 1 heterocycles. The molecule has 122 valence electrons. The predicted molar refractivity (Wildman–Crippen MR) is 89.9 cm³/mol. The Morgan fingerprint density at radius 3 is 2.95 bits per heavy atom. The van der Waals surface area contributed by atoms with E-state index in [9.17, 15) is 9.90 Å². The summed E-state index contributed by atoms with van der Waals surface area (Å²) in [4.78, 5) is 15.0. The highest BCUT2D eigenvalue weighted by atomic mass is 16.3. The van der Waals surface area contributed by atoms with Crippen molar-refractivity contribution in [1.82, 2.24) is 4.90 Å². The lowest BCUT2D eigenvalue weighted by molar-refractivity contribution is -0.122. The van der Waals surface area contributed by atoms with E-state index in [1.165, 1.54) is 6.42 Å². The number of unbranched alkanes of at least 4 members (excludes halogenated alkanes) is 1. The molecule has 1 atom stereocenters. The summed E-state index contributed by atoms with van der Waals surface area (Å²) >= 11 is 0. The Morgan fingerprint density at radius 1 is 1.41 bits per heavy atom. The second-order valence-corrected chi connectivity index (χ2v) is 6.16. The van der Waals surface area contributed by atoms with Crippen LogP contribution in [0.5, 0.6) is 0 Å². The van der Waals surface area contributed by atoms with Gasteiger partial charge in [0.2, 0.25) is 5.91 Å². The number of amides is 1. The maximum atomic E-state index is 12.7. The maximum Gasteiger partial charge on any atom is 0.241 e. The fourth-order valence-corrected chi connectivity index (χ4v) is 3.16. The van der Waals surface area contributed by atoms with Crippen molar-refractivity contribution < 1.29 is 9.90 Å². The van der Waals surface area contributed by atoms with Gasteiger partial charge in [0.25, 0.3) is 0 Å². The van der Waals surface area contributed by atoms with Crippen molar-refractivity contribution in [1.29, 1.82) is 0 Å². The topological polar surface area (TPSA) is 52.6 Å². The number of hydrogen-bond acceptors (Lipinski definition) is 3. The van der Waals surface area contributed by atoms with Crippen molar-refractivity contribution in [3.8, 4) is 0 Å². The largest absolute Gasteiger partial charge is 0.392 e. The van der Waals surface area contributed by atoms with Crippen LogP contribution in [0.25, 0.3) is 0 Å². The van der Waals surface area contributed by atoms with Crippen molar-refractivity contribution in [2.45, 2.75) is 58.6 Å². The van der Waals surface area contributed by atoms with Crippen molar-refractivity contribution in [3.63, 3.8) is 0 Å². The Kier molecular flexibility index (Phi) is 6.40. The third-order valence-electron chi connectivity index (χ3n) is 4.49. The van der Waals surface area contributed by atoms with E-state index >= 15 is 0 Å². The van der Waals surface area contributed by atoms with E-state index in [-0.39, 0.29) is 18.6 Å². The van der Waals surface area contributed by atoms with Gasteiger partial charge in [0.1, 0.15) is 0 Å². The van der Waals surface area contributed by atoms with Crippen LogP contribution in [0.1, 0.15) is 50.2 Å². The van der Waals surface area contributed by atoms with Crippen LogP contribution in [-0.4, -0.2) is 35.0 Å². The number of benzene rings is 1. The molecule has 0 spiro atoms. The third-order valence-corrected chi connectivity index (χ3v) is 4.49. The van der Waals surface area contributed by atoms with Crippen molar-refractivity contribution in [3.05, 3.63) is 29.3 Å². The van der Waals surface area contributed by atoms with Crippen LogP contribution < -0.4 is 5.32 Å². The highest BCUT2D eigenvalue weighted by Crippen LogP contribution is 2.24. The smallest absolute Gasteiger partial charge is 0.241 e. The Morgan fingerprint density at radius 2 is 2.23 bits per heavy atom. The zero-order valence-electron chi connectivity index (χ0n) is 13.8. The van der Waals surface area contributed by atoms with E-state index in [0.29, 0.717) is 0 Å². The van der Waals surface area contributed by atoms with Gasteiger partial charge < -0.3 is 10.4 Å². The zero-order valence-corrected chi connectivity index (χ0v) is 13.8. The SMILES string of the molecule is CCCCN1CCCCC1C(=O)Nc1c(C)cccc1CO. The average Bonchev–Trinajstić information content (AvgIpc) is 2.55. The van der Waals surface area contributed by atoms with Gasteiger partial charge in [-0.05, 0) is 44.8 Å². The number of nitrogens with zero attached hydrogens (tertiary/aromatic N) is 1. The van der Waals surface area contributed by atoms with Gasteiger partial charge in [-0.15, -0.1) is 0 Å². The number of aryl methyl sites for hydroxylation is 1. The zero-order chi connectivity index (χ0) is 15.9. The Labute approximate surface area is 133 Å². The number of rotatable bonds is 6. The van der Waals surface area contributed by atoms with Gasteiger partial charge in [0.05, 0.1) is 12.6 Å². The fraction of sp³-hybridized carbons (Fsp3) is 0.611. The molecule has 1 amide bonds. The molecule has 2 N–H and O–H groups in total. The molecule has 4 nitrogen and oxygen atoms in total. The summed E-state index contributed by atoms with van der Waals surface area (Å²) in [5.41, 5.74) is 2.55. The number of hydrogen-bond donors (Lipinski definition) is 2. The monoisotopic (exact) mass is 304 g/mol. The van der Waals surface area contributed by atoms with Crippen molar-refractivity contribution in [2.24, 2.45) is 0 Å². The quantitative estimate of drug-likeness (QED) is 0.849. The lowest BCUT2D eigenvalue weighted by Crippen LogP contribution is -2.47. The van der Waals surface area contributed by atoms with E-state index in [2.05, 4.69) is 17.1 Å². The van der Waals surface area contributed by atoms with E-state index in [1.54, 1.807) is 0 Å². The molecular formula is C18H28N2O2. The predicted octanol–water partition coefficient (Wildman–Crippen LogP) is 3.08. The molecule has 1 unspecified atom stereocenters. The summed E-state index contributed by atoms with van der Waals surface area (Å²) in [6.45, 7) is 6.10. The summed E-state index contributed by atoms with van der Waals surface area (Å²) in [6.07, 6.45) is 5.50. The molecule has 1 aromatic rings. The van der Waals surface area contributed by atoms with Gasteiger partial charge >= 0.3 is 0 Å². The number of piperidine rings is 1. The summed E-state index contributed by atoms with van der Waals surface area (Å²) < 4.78 is 0. The number of para-hydroxylation sites is 1. The standard InChI is InChI=1S/C18H28N2O2/c1-3-4-11-20-12-6-5-10-16(20)18(22)19-17-14(2)8-7-9-15(17)13-21/h7-9,16,21H,3-6,10-13H2,1-2H3,(H,19,22). The summed E-state index contributed by atoms with van der Waals surface area (Å²) in [5.74, 6) is 0.0693. The molecule has 0 aromatic heterocycles. The van der Waals surface area contributed by atoms with E-state index in [0.717, 1.165) is 55.6 Å². The fourth-order valence-electron chi connectivity index (χ4n) is 3.16. The van der Waals surface area contributed by atoms with E-state index in [1.807, 2.05) is 25.1 Å². The highest BCUT2D eigenvalue weighted by Gasteiger charge is 2.28. The minimum absolute atomic E-state index is 0.0357. The molecule has 1 aromatic carbocycles. The second kappa shape index (κ2) is 8.30. The van der Waals surface area contributed by atoms with Crippen LogP contribution in [0.15, 0.2) is 18.2 Å². The molecular weight excluding hydrogens is 276 g/mol. The minimum atomic E-state index is -0.0541. The number of aliphatic hydroxyl groups excluding tert-OH is 1. The third kappa shape index (κ3) is 4.08. The summed E-state index contributed by atoms with van der Waals surface area (Å²) in [5, 5.41) is 12.5. The van der Waals surface area contributed by atoms with Crippen LogP contribution in [-0.2, 0) is 11.4 Å². The normalized spacial score (nSPS) is 19.1. The van der Waals surface area contributed by atoms with Gasteiger partial charge in [-0.25, -0.2) is 0 Å². The molecule has 4 heteroatoms. The molecule has 0 saturated carbocycles. The first-order valence-corrected chi connectivity index (χ1v) is 8.41. The Bertz CT molecular complexity index is 502. The van der Waals surface area contributed by atoms with Gasteiger partial charge in [-0.3, -0.25) is 9.69 Å². The van der Waals surface area contributed by atoms with Gasteiger partial charge in [0.15, 0.2) is 0 Å². The van der Waals surface area contributed by atoms with Gasteiger partial charge in [-0.2, -0.15) is 0 Å². The first-order valence-electron chi connectivity index (χ1n) is 8.41. The molecule has 1 fully saturated rings. The molecule has 2 rings (SSSR count). The van der Waals surface area contributed by atoms with Crippen LogP contribution in [0.3, 0.4) is 0 Å². The van der Waals surface area contributed by atoms with E-state index in [4.69, 9.17) is 0 Å². The van der Waals surface area contributed by atoms with Gasteiger partial charge in [0, 0.05) is 11.3 Å². The molecule has 1 saturated heterocycles.